The van der Waals surface area contributed by atoms with Crippen LogP contribution in [0.5, 0.6) is 5.75 Å². The van der Waals surface area contributed by atoms with Gasteiger partial charge in [-0.25, -0.2) is 0 Å². The Kier molecular flexibility index (Phi) is 3.98. The number of para-hydroxylation sites is 2. The van der Waals surface area contributed by atoms with Crippen LogP contribution in [0, 0.1) is 6.92 Å². The molecule has 23 heavy (non-hydrogen) atoms. The van der Waals surface area contributed by atoms with E-state index in [1.807, 2.05) is 62.4 Å². The van der Waals surface area contributed by atoms with Gasteiger partial charge in [0.25, 0.3) is 5.43 Å². The number of hydrogen-bond donors (Lipinski definition) is 1. The molecule has 0 atom stereocenters. The molecule has 3 rings (SSSR count). The molecule has 0 heterocycles. The van der Waals surface area contributed by atoms with Crippen LogP contribution >= 0.6 is 0 Å². The van der Waals surface area contributed by atoms with Gasteiger partial charge in [-0.2, -0.15) is 0 Å². The highest BCUT2D eigenvalue weighted by Crippen LogP contribution is 2.31. The van der Waals surface area contributed by atoms with Crippen LogP contribution in [-0.4, -0.2) is 6.61 Å². The molecule has 4 nitrogen and oxygen atoms in total. The van der Waals surface area contributed by atoms with Crippen LogP contribution in [0.1, 0.15) is 12.5 Å². The number of anilines is 2. The third kappa shape index (κ3) is 2.75. The average molecular weight is 307 g/mol. The Morgan fingerprint density at radius 1 is 0.957 bits per heavy atom. The van der Waals surface area contributed by atoms with Crippen molar-refractivity contribution < 1.29 is 4.74 Å². The fourth-order valence-corrected chi connectivity index (χ4v) is 2.49. The first-order valence-corrected chi connectivity index (χ1v) is 7.51. The van der Waals surface area contributed by atoms with Crippen molar-refractivity contribution in [3.05, 3.63) is 74.5 Å². The molecule has 0 aliphatic rings. The summed E-state index contributed by atoms with van der Waals surface area (Å²) >= 11 is 0. The summed E-state index contributed by atoms with van der Waals surface area (Å²) in [6.07, 6.45) is 0. The van der Waals surface area contributed by atoms with E-state index in [0.717, 1.165) is 11.1 Å². The summed E-state index contributed by atoms with van der Waals surface area (Å²) in [5, 5.41) is 3.06. The predicted octanol–water partition coefficient (Wildman–Crippen LogP) is 3.40. The second-order valence-corrected chi connectivity index (χ2v) is 5.33. The summed E-state index contributed by atoms with van der Waals surface area (Å²) in [4.78, 5) is 24.0. The van der Waals surface area contributed by atoms with Gasteiger partial charge in [0.05, 0.1) is 17.9 Å². The molecule has 4 heteroatoms. The molecule has 0 unspecified atom stereocenters. The fraction of sp³-hybridized carbons (Fsp3) is 0.158. The van der Waals surface area contributed by atoms with Crippen molar-refractivity contribution in [1.82, 2.24) is 0 Å². The molecule has 3 aromatic rings. The maximum absolute atomic E-state index is 12.0. The van der Waals surface area contributed by atoms with E-state index in [4.69, 9.17) is 4.74 Å². The number of hydrogen-bond acceptors (Lipinski definition) is 4. The van der Waals surface area contributed by atoms with Gasteiger partial charge in [-0.3, -0.25) is 9.59 Å². The Bertz CT molecular complexity index is 903. The second kappa shape index (κ2) is 6.08. The van der Waals surface area contributed by atoms with E-state index >= 15 is 0 Å². The van der Waals surface area contributed by atoms with E-state index in [9.17, 15) is 9.59 Å². The van der Waals surface area contributed by atoms with Crippen molar-refractivity contribution in [2.75, 3.05) is 11.9 Å². The minimum atomic E-state index is -0.494. The summed E-state index contributed by atoms with van der Waals surface area (Å²) in [5.41, 5.74) is 2.33. The summed E-state index contributed by atoms with van der Waals surface area (Å²) in [6, 6.07) is 14.9. The van der Waals surface area contributed by atoms with Gasteiger partial charge in [0, 0.05) is 0 Å². The van der Waals surface area contributed by atoms with Crippen LogP contribution < -0.4 is 20.9 Å². The van der Waals surface area contributed by atoms with Crippen molar-refractivity contribution >= 4 is 11.4 Å². The van der Waals surface area contributed by atoms with E-state index in [1.165, 1.54) is 0 Å². The van der Waals surface area contributed by atoms with E-state index in [2.05, 4.69) is 5.32 Å². The minimum Gasteiger partial charge on any atom is -0.492 e. The standard InChI is InChI=1S/C19H17NO3/c1-3-23-15-7-5-4-6-14(15)20-17-16(18(21)19(17)22)13-10-8-12(2)9-11-13/h4-11,20H,3H2,1-2H3. The molecule has 116 valence electrons. The van der Waals surface area contributed by atoms with E-state index < -0.39 is 10.9 Å². The van der Waals surface area contributed by atoms with E-state index in [-0.39, 0.29) is 0 Å². The number of nitrogens with one attached hydrogen (secondary N) is 1. The quantitative estimate of drug-likeness (QED) is 0.734. The monoisotopic (exact) mass is 307 g/mol. The first kappa shape index (κ1) is 15.0. The third-order valence-electron chi connectivity index (χ3n) is 3.70. The highest BCUT2D eigenvalue weighted by Gasteiger charge is 2.23. The Labute approximate surface area is 134 Å². The second-order valence-electron chi connectivity index (χ2n) is 5.33. The highest BCUT2D eigenvalue weighted by molar-refractivity contribution is 5.85. The Morgan fingerprint density at radius 2 is 1.65 bits per heavy atom. The molecule has 0 spiro atoms. The molecule has 0 aliphatic heterocycles. The highest BCUT2D eigenvalue weighted by atomic mass is 16.5. The Morgan fingerprint density at radius 3 is 2.35 bits per heavy atom. The maximum Gasteiger partial charge on any atom is 0.250 e. The van der Waals surface area contributed by atoms with Gasteiger partial charge in [-0.1, -0.05) is 42.0 Å². The maximum atomic E-state index is 12.0. The average Bonchev–Trinajstić information content (AvgIpc) is 2.57. The van der Waals surface area contributed by atoms with Crippen molar-refractivity contribution in [1.29, 1.82) is 0 Å². The summed E-state index contributed by atoms with van der Waals surface area (Å²) in [6.45, 7) is 4.39. The molecule has 1 N–H and O–H groups in total. The molecular weight excluding hydrogens is 290 g/mol. The number of aryl methyl sites for hydroxylation is 1. The van der Waals surface area contributed by atoms with Crippen molar-refractivity contribution in [3.8, 4) is 16.9 Å². The molecule has 0 saturated heterocycles. The summed E-state index contributed by atoms with van der Waals surface area (Å²) < 4.78 is 5.54. The van der Waals surface area contributed by atoms with E-state index in [0.29, 0.717) is 29.3 Å². The smallest absolute Gasteiger partial charge is 0.250 e. The SMILES string of the molecule is CCOc1ccccc1Nc1c(-c2ccc(C)cc2)c(=O)c1=O. The molecule has 0 aromatic heterocycles. The lowest BCUT2D eigenvalue weighted by Crippen LogP contribution is -2.35. The number of ether oxygens (including phenoxy) is 1. The predicted molar refractivity (Wildman–Crippen MR) is 92.4 cm³/mol. The van der Waals surface area contributed by atoms with Gasteiger partial charge in [0.1, 0.15) is 11.4 Å². The fourth-order valence-electron chi connectivity index (χ4n) is 2.49. The van der Waals surface area contributed by atoms with Crippen molar-refractivity contribution in [2.24, 2.45) is 0 Å². The molecule has 0 fully saturated rings. The van der Waals surface area contributed by atoms with Gasteiger partial charge < -0.3 is 10.1 Å². The summed E-state index contributed by atoms with van der Waals surface area (Å²) in [7, 11) is 0. The Balaban J connectivity index is 2.00. The van der Waals surface area contributed by atoms with Gasteiger partial charge in [0.15, 0.2) is 0 Å². The Hall–Kier alpha value is -2.88. The van der Waals surface area contributed by atoms with E-state index in [1.54, 1.807) is 0 Å². The van der Waals surface area contributed by atoms with Gasteiger partial charge in [-0.05, 0) is 31.5 Å². The zero-order valence-electron chi connectivity index (χ0n) is 13.1. The van der Waals surface area contributed by atoms with Crippen LogP contribution in [0.4, 0.5) is 11.4 Å². The minimum absolute atomic E-state index is 0.325. The molecule has 3 aromatic carbocycles. The third-order valence-corrected chi connectivity index (χ3v) is 3.70. The van der Waals surface area contributed by atoms with Crippen LogP contribution in [0.3, 0.4) is 0 Å². The van der Waals surface area contributed by atoms with Crippen LogP contribution in [0.25, 0.3) is 11.1 Å². The number of rotatable bonds is 5. The van der Waals surface area contributed by atoms with Crippen molar-refractivity contribution in [3.63, 3.8) is 0 Å². The molecule has 0 bridgehead atoms. The van der Waals surface area contributed by atoms with Gasteiger partial charge in [0.2, 0.25) is 5.43 Å². The zero-order chi connectivity index (χ0) is 16.4. The molecule has 0 amide bonds. The largest absolute Gasteiger partial charge is 0.492 e. The molecular formula is C19H17NO3. The first-order chi connectivity index (χ1) is 11.1. The molecule has 0 saturated carbocycles. The van der Waals surface area contributed by atoms with Crippen LogP contribution in [-0.2, 0) is 0 Å². The van der Waals surface area contributed by atoms with Gasteiger partial charge in [-0.15, -0.1) is 0 Å². The normalized spacial score (nSPS) is 10.7. The lowest BCUT2D eigenvalue weighted by molar-refractivity contribution is 0.342. The van der Waals surface area contributed by atoms with Crippen molar-refractivity contribution in [2.45, 2.75) is 13.8 Å². The first-order valence-electron chi connectivity index (χ1n) is 7.51. The van der Waals surface area contributed by atoms with Crippen LogP contribution in [0.2, 0.25) is 0 Å². The molecule has 0 radical (unpaired) electrons. The van der Waals surface area contributed by atoms with Gasteiger partial charge >= 0.3 is 0 Å². The topological polar surface area (TPSA) is 55.4 Å². The zero-order valence-corrected chi connectivity index (χ0v) is 13.1. The lowest BCUT2D eigenvalue weighted by atomic mass is 9.97. The number of benzene rings is 2. The van der Waals surface area contributed by atoms with Crippen LogP contribution in [0.15, 0.2) is 58.1 Å². The molecule has 0 aliphatic carbocycles. The summed E-state index contributed by atoms with van der Waals surface area (Å²) in [5.74, 6) is 0.651. The lowest BCUT2D eigenvalue weighted by Gasteiger charge is -2.16.